The molecular formula is C49H30N4O. The molecule has 5 heteroatoms. The largest absolute Gasteiger partial charge is 0.455 e. The molecule has 54 heavy (non-hydrogen) atoms. The smallest absolute Gasteiger partial charge is 0.238 e. The fourth-order valence-electron chi connectivity index (χ4n) is 7.96. The molecule has 0 atom stereocenters. The number of hydrogen-bond donors (Lipinski definition) is 0. The Kier molecular flexibility index (Phi) is 6.79. The van der Waals surface area contributed by atoms with Crippen LogP contribution in [0.1, 0.15) is 0 Å². The van der Waals surface area contributed by atoms with E-state index in [1.165, 1.54) is 11.1 Å². The Bertz CT molecular complexity index is 3200. The molecule has 0 saturated heterocycles. The van der Waals surface area contributed by atoms with Gasteiger partial charge in [-0.2, -0.15) is 9.97 Å². The first-order valence-electron chi connectivity index (χ1n) is 18.1. The number of fused-ring (bicyclic) bond motifs is 9. The SMILES string of the molecule is c1ccc(-c2cccc(-c3nc(-c4ccccc4)nc(-n4c5ccccc5c5c6oc7c8ccccc8c(-c8ccccc8)cc7c6ccc54)n3)c2)cc1. The van der Waals surface area contributed by atoms with E-state index in [4.69, 9.17) is 19.4 Å². The van der Waals surface area contributed by atoms with Crippen molar-refractivity contribution >= 4 is 54.5 Å². The average Bonchev–Trinajstić information content (AvgIpc) is 3.80. The van der Waals surface area contributed by atoms with Crippen molar-refractivity contribution in [2.75, 3.05) is 0 Å². The lowest BCUT2D eigenvalue weighted by molar-refractivity contribution is 0.676. The molecule has 5 nitrogen and oxygen atoms in total. The van der Waals surface area contributed by atoms with Crippen molar-refractivity contribution < 1.29 is 4.42 Å². The Labute approximate surface area is 310 Å². The number of furan rings is 1. The molecule has 0 aliphatic heterocycles. The van der Waals surface area contributed by atoms with Crippen LogP contribution in [0.3, 0.4) is 0 Å². The molecule has 3 heterocycles. The maximum absolute atomic E-state index is 7.00. The van der Waals surface area contributed by atoms with Gasteiger partial charge in [-0.25, -0.2) is 4.98 Å². The molecule has 0 saturated carbocycles. The van der Waals surface area contributed by atoms with Crippen LogP contribution in [-0.2, 0) is 0 Å². The molecule has 0 aliphatic carbocycles. The van der Waals surface area contributed by atoms with Gasteiger partial charge in [0.2, 0.25) is 5.95 Å². The lowest BCUT2D eigenvalue weighted by Gasteiger charge is -2.11. The zero-order chi connectivity index (χ0) is 35.6. The lowest BCUT2D eigenvalue weighted by Crippen LogP contribution is -2.06. The van der Waals surface area contributed by atoms with Crippen LogP contribution in [-0.4, -0.2) is 19.5 Å². The predicted molar refractivity (Wildman–Crippen MR) is 221 cm³/mol. The summed E-state index contributed by atoms with van der Waals surface area (Å²) in [5, 5.41) is 6.51. The number of hydrogen-bond acceptors (Lipinski definition) is 4. The average molecular weight is 691 g/mol. The van der Waals surface area contributed by atoms with Gasteiger partial charge in [-0.15, -0.1) is 0 Å². The van der Waals surface area contributed by atoms with Crippen LogP contribution in [0.4, 0.5) is 0 Å². The van der Waals surface area contributed by atoms with Gasteiger partial charge >= 0.3 is 0 Å². The first-order chi connectivity index (χ1) is 26.8. The van der Waals surface area contributed by atoms with Crippen molar-refractivity contribution in [3.05, 3.63) is 182 Å². The standard InChI is InChI=1S/C49H30N4O/c1-4-15-31(16-5-1)34-21-14-22-35(29-34)48-50-47(33-19-8-3-9-20-33)51-49(52-48)53-42-26-13-12-25-39(42)44-43(53)28-27-38-41-30-40(32-17-6-2-7-18-32)36-23-10-11-24-37(36)45(41)54-46(38)44/h1-30H. The minimum Gasteiger partial charge on any atom is -0.455 e. The number of aromatic nitrogens is 4. The zero-order valence-corrected chi connectivity index (χ0v) is 29.0. The fourth-order valence-corrected chi connectivity index (χ4v) is 7.96. The Hall–Kier alpha value is -7.37. The Balaban J connectivity index is 1.19. The Morgan fingerprint density at radius 2 is 0.926 bits per heavy atom. The summed E-state index contributed by atoms with van der Waals surface area (Å²) in [7, 11) is 0. The predicted octanol–water partition coefficient (Wildman–Crippen LogP) is 12.7. The van der Waals surface area contributed by atoms with Crippen LogP contribution in [0.25, 0.3) is 105 Å². The topological polar surface area (TPSA) is 56.7 Å². The summed E-state index contributed by atoms with van der Waals surface area (Å²) >= 11 is 0. The van der Waals surface area contributed by atoms with Crippen molar-refractivity contribution in [2.45, 2.75) is 0 Å². The molecule has 0 aliphatic rings. The summed E-state index contributed by atoms with van der Waals surface area (Å²) in [6.07, 6.45) is 0. The molecule has 0 radical (unpaired) electrons. The number of benzene rings is 8. The van der Waals surface area contributed by atoms with Gasteiger partial charge in [0, 0.05) is 32.7 Å². The lowest BCUT2D eigenvalue weighted by atomic mass is 9.95. The number of rotatable bonds is 5. The van der Waals surface area contributed by atoms with Gasteiger partial charge in [-0.05, 0) is 58.0 Å². The van der Waals surface area contributed by atoms with E-state index in [0.29, 0.717) is 17.6 Å². The molecule has 3 aromatic heterocycles. The van der Waals surface area contributed by atoms with Crippen LogP contribution < -0.4 is 0 Å². The van der Waals surface area contributed by atoms with E-state index in [9.17, 15) is 0 Å². The van der Waals surface area contributed by atoms with Gasteiger partial charge in [0.1, 0.15) is 11.2 Å². The third-order valence-electron chi connectivity index (χ3n) is 10.4. The molecule has 11 aromatic rings. The summed E-state index contributed by atoms with van der Waals surface area (Å²) in [5.74, 6) is 1.76. The minimum absolute atomic E-state index is 0.544. The Morgan fingerprint density at radius 1 is 0.352 bits per heavy atom. The highest BCUT2D eigenvalue weighted by Gasteiger charge is 2.23. The van der Waals surface area contributed by atoms with E-state index in [1.54, 1.807) is 0 Å². The summed E-state index contributed by atoms with van der Waals surface area (Å²) in [5.41, 5.74) is 10.1. The van der Waals surface area contributed by atoms with E-state index < -0.39 is 0 Å². The molecule has 0 unspecified atom stereocenters. The highest BCUT2D eigenvalue weighted by Crippen LogP contribution is 2.44. The molecule has 11 rings (SSSR count). The zero-order valence-electron chi connectivity index (χ0n) is 29.0. The van der Waals surface area contributed by atoms with Gasteiger partial charge in [0.05, 0.1) is 16.4 Å². The highest BCUT2D eigenvalue weighted by molar-refractivity contribution is 6.27. The molecule has 0 spiro atoms. The van der Waals surface area contributed by atoms with Gasteiger partial charge in [0.25, 0.3) is 0 Å². The second-order valence-electron chi connectivity index (χ2n) is 13.6. The second kappa shape index (κ2) is 12.1. The molecule has 0 N–H and O–H groups in total. The van der Waals surface area contributed by atoms with Crippen LogP contribution in [0.5, 0.6) is 0 Å². The Morgan fingerprint density at radius 3 is 1.69 bits per heavy atom. The third kappa shape index (κ3) is 4.76. The van der Waals surface area contributed by atoms with Gasteiger partial charge < -0.3 is 4.42 Å². The third-order valence-corrected chi connectivity index (χ3v) is 10.4. The monoisotopic (exact) mass is 690 g/mol. The van der Waals surface area contributed by atoms with E-state index >= 15 is 0 Å². The van der Waals surface area contributed by atoms with Crippen LogP contribution in [0.15, 0.2) is 186 Å². The van der Waals surface area contributed by atoms with Gasteiger partial charge in [0.15, 0.2) is 11.6 Å². The van der Waals surface area contributed by atoms with Crippen molar-refractivity contribution in [3.8, 4) is 51.0 Å². The summed E-state index contributed by atoms with van der Waals surface area (Å²) in [4.78, 5) is 15.5. The normalized spacial score (nSPS) is 11.7. The first kappa shape index (κ1) is 30.3. The van der Waals surface area contributed by atoms with Gasteiger partial charge in [-0.3, -0.25) is 4.57 Å². The molecule has 0 amide bonds. The van der Waals surface area contributed by atoms with E-state index in [2.05, 4.69) is 150 Å². The van der Waals surface area contributed by atoms with Crippen LogP contribution in [0.2, 0.25) is 0 Å². The molecule has 0 bridgehead atoms. The van der Waals surface area contributed by atoms with E-state index in [1.807, 2.05) is 36.4 Å². The van der Waals surface area contributed by atoms with Crippen molar-refractivity contribution in [1.29, 1.82) is 0 Å². The molecule has 252 valence electrons. The highest BCUT2D eigenvalue weighted by atomic mass is 16.3. The van der Waals surface area contributed by atoms with Crippen LogP contribution in [0, 0.1) is 0 Å². The first-order valence-corrected chi connectivity index (χ1v) is 18.1. The maximum Gasteiger partial charge on any atom is 0.238 e. The maximum atomic E-state index is 7.00. The quantitative estimate of drug-likeness (QED) is 0.180. The van der Waals surface area contributed by atoms with E-state index in [0.717, 1.165) is 76.8 Å². The molecule has 8 aromatic carbocycles. The van der Waals surface area contributed by atoms with Gasteiger partial charge in [-0.1, -0.05) is 152 Å². The summed E-state index contributed by atoms with van der Waals surface area (Å²) < 4.78 is 9.16. The van der Waals surface area contributed by atoms with Crippen molar-refractivity contribution in [3.63, 3.8) is 0 Å². The van der Waals surface area contributed by atoms with Crippen LogP contribution >= 0.6 is 0 Å². The minimum atomic E-state index is 0.544. The van der Waals surface area contributed by atoms with E-state index in [-0.39, 0.29) is 0 Å². The molecular weight excluding hydrogens is 661 g/mol. The van der Waals surface area contributed by atoms with Crippen molar-refractivity contribution in [2.24, 2.45) is 0 Å². The fraction of sp³-hybridized carbons (Fsp3) is 0. The van der Waals surface area contributed by atoms with Crippen molar-refractivity contribution in [1.82, 2.24) is 19.5 Å². The molecule has 0 fully saturated rings. The second-order valence-corrected chi connectivity index (χ2v) is 13.6. The summed E-state index contributed by atoms with van der Waals surface area (Å²) in [6.45, 7) is 0. The summed E-state index contributed by atoms with van der Waals surface area (Å²) in [6, 6.07) is 63.2. The number of para-hydroxylation sites is 1. The number of nitrogens with zero attached hydrogens (tertiary/aromatic N) is 4.